The lowest BCUT2D eigenvalue weighted by Gasteiger charge is -2.14. The van der Waals surface area contributed by atoms with Gasteiger partial charge in [-0.2, -0.15) is 0 Å². The first kappa shape index (κ1) is 12.4. The maximum Gasteiger partial charge on any atom is 0.0674 e. The minimum Gasteiger partial charge on any atom is -0.389 e. The fourth-order valence-corrected chi connectivity index (χ4v) is 2.45. The second-order valence-electron chi connectivity index (χ2n) is 3.50. The Morgan fingerprint density at radius 1 is 1.33 bits per heavy atom. The third-order valence-corrected chi connectivity index (χ3v) is 3.65. The summed E-state index contributed by atoms with van der Waals surface area (Å²) in [5.41, 5.74) is 0. The SMILES string of the molecule is CCCCC(CC)CPC(C)O. The first-order valence-electron chi connectivity index (χ1n) is 5.12. The lowest BCUT2D eigenvalue weighted by Crippen LogP contribution is -2.04. The van der Waals surface area contributed by atoms with Crippen molar-refractivity contribution in [2.45, 2.75) is 52.3 Å². The van der Waals surface area contributed by atoms with E-state index in [-0.39, 0.29) is 5.85 Å². The zero-order valence-corrected chi connectivity index (χ0v) is 9.64. The predicted molar refractivity (Wildman–Crippen MR) is 58.2 cm³/mol. The van der Waals surface area contributed by atoms with Gasteiger partial charge in [-0.3, -0.25) is 0 Å². The van der Waals surface area contributed by atoms with Crippen LogP contribution in [-0.4, -0.2) is 17.1 Å². The largest absolute Gasteiger partial charge is 0.389 e. The summed E-state index contributed by atoms with van der Waals surface area (Å²) >= 11 is 0. The van der Waals surface area contributed by atoms with Gasteiger partial charge in [-0.05, 0) is 19.0 Å². The standard InChI is InChI=1S/C10H23OP/c1-4-6-7-10(5-2)8-12-9(3)11/h9-12H,4-8H2,1-3H3. The second-order valence-corrected chi connectivity index (χ2v) is 5.15. The van der Waals surface area contributed by atoms with E-state index in [1.165, 1.54) is 31.8 Å². The van der Waals surface area contributed by atoms with E-state index in [1.54, 1.807) is 0 Å². The van der Waals surface area contributed by atoms with Crippen molar-refractivity contribution in [2.24, 2.45) is 5.92 Å². The number of hydrogen-bond donors (Lipinski definition) is 1. The minimum absolute atomic E-state index is 0.0827. The van der Waals surface area contributed by atoms with Crippen LogP contribution in [0, 0.1) is 5.92 Å². The topological polar surface area (TPSA) is 20.2 Å². The van der Waals surface area contributed by atoms with E-state index >= 15 is 0 Å². The fraction of sp³-hybridized carbons (Fsp3) is 1.00. The Morgan fingerprint density at radius 2 is 2.00 bits per heavy atom. The monoisotopic (exact) mass is 190 g/mol. The van der Waals surface area contributed by atoms with Crippen LogP contribution in [0.2, 0.25) is 0 Å². The van der Waals surface area contributed by atoms with Crippen LogP contribution in [0.25, 0.3) is 0 Å². The smallest absolute Gasteiger partial charge is 0.0674 e. The van der Waals surface area contributed by atoms with Gasteiger partial charge in [0.05, 0.1) is 5.85 Å². The molecule has 0 aromatic rings. The van der Waals surface area contributed by atoms with Crippen LogP contribution in [0.3, 0.4) is 0 Å². The molecule has 0 spiro atoms. The number of aliphatic hydroxyl groups excluding tert-OH is 1. The Hall–Kier alpha value is 0.390. The summed E-state index contributed by atoms with van der Waals surface area (Å²) in [4.78, 5) is 0. The Bertz CT molecular complexity index is 93.8. The zero-order valence-electron chi connectivity index (χ0n) is 8.64. The van der Waals surface area contributed by atoms with Gasteiger partial charge >= 0.3 is 0 Å². The Morgan fingerprint density at radius 3 is 2.42 bits per heavy atom. The zero-order chi connectivity index (χ0) is 9.40. The first-order valence-corrected chi connectivity index (χ1v) is 6.40. The maximum atomic E-state index is 9.13. The number of rotatable bonds is 7. The number of hydrogen-bond acceptors (Lipinski definition) is 1. The van der Waals surface area contributed by atoms with Crippen LogP contribution in [0.1, 0.15) is 46.5 Å². The van der Waals surface area contributed by atoms with Crippen LogP contribution in [0.5, 0.6) is 0 Å². The van der Waals surface area contributed by atoms with Crippen molar-refractivity contribution in [1.82, 2.24) is 0 Å². The molecule has 1 N–H and O–H groups in total. The van der Waals surface area contributed by atoms with Crippen molar-refractivity contribution < 1.29 is 5.11 Å². The highest BCUT2D eigenvalue weighted by Gasteiger charge is 2.06. The molecule has 74 valence electrons. The van der Waals surface area contributed by atoms with Crippen molar-refractivity contribution in [1.29, 1.82) is 0 Å². The van der Waals surface area contributed by atoms with E-state index in [0.717, 1.165) is 14.5 Å². The van der Waals surface area contributed by atoms with Crippen molar-refractivity contribution in [2.75, 3.05) is 6.16 Å². The summed E-state index contributed by atoms with van der Waals surface area (Å²) in [5.74, 6) is 0.776. The van der Waals surface area contributed by atoms with Gasteiger partial charge in [0.1, 0.15) is 0 Å². The first-order chi connectivity index (χ1) is 5.70. The molecule has 0 aromatic carbocycles. The Kier molecular flexibility index (Phi) is 8.27. The molecule has 0 heterocycles. The van der Waals surface area contributed by atoms with Crippen LogP contribution in [0.15, 0.2) is 0 Å². The molecule has 2 heteroatoms. The second kappa shape index (κ2) is 8.01. The molecule has 0 amide bonds. The van der Waals surface area contributed by atoms with Crippen LogP contribution >= 0.6 is 8.58 Å². The Labute approximate surface area is 78.7 Å². The molecule has 3 atom stereocenters. The summed E-state index contributed by atoms with van der Waals surface area (Å²) < 4.78 is 0. The van der Waals surface area contributed by atoms with Crippen LogP contribution in [0.4, 0.5) is 0 Å². The van der Waals surface area contributed by atoms with Crippen LogP contribution in [-0.2, 0) is 0 Å². The molecular formula is C10H23OP. The highest BCUT2D eigenvalue weighted by atomic mass is 31.1. The van der Waals surface area contributed by atoms with E-state index in [1.807, 2.05) is 6.92 Å². The lowest BCUT2D eigenvalue weighted by molar-refractivity contribution is 0.279. The summed E-state index contributed by atoms with van der Waals surface area (Å²) in [6, 6.07) is 0. The van der Waals surface area contributed by atoms with Gasteiger partial charge in [-0.25, -0.2) is 0 Å². The molecule has 0 saturated carbocycles. The number of aliphatic hydroxyl groups is 1. The van der Waals surface area contributed by atoms with E-state index in [2.05, 4.69) is 13.8 Å². The normalized spacial score (nSPS) is 17.0. The summed E-state index contributed by atoms with van der Waals surface area (Å²) in [6.45, 7) is 6.39. The van der Waals surface area contributed by atoms with E-state index in [4.69, 9.17) is 5.11 Å². The van der Waals surface area contributed by atoms with E-state index < -0.39 is 0 Å². The van der Waals surface area contributed by atoms with E-state index in [0.29, 0.717) is 0 Å². The van der Waals surface area contributed by atoms with Gasteiger partial charge in [0.2, 0.25) is 0 Å². The fourth-order valence-electron chi connectivity index (χ4n) is 1.28. The molecule has 0 radical (unpaired) electrons. The summed E-state index contributed by atoms with van der Waals surface area (Å²) in [7, 11) is 0.743. The molecule has 0 saturated heterocycles. The molecule has 1 nitrogen and oxygen atoms in total. The third kappa shape index (κ3) is 7.06. The Balaban J connectivity index is 3.39. The lowest BCUT2D eigenvalue weighted by atomic mass is 10.0. The molecule has 0 rings (SSSR count). The average molecular weight is 190 g/mol. The van der Waals surface area contributed by atoms with Crippen molar-refractivity contribution >= 4 is 8.58 Å². The van der Waals surface area contributed by atoms with Gasteiger partial charge in [0.25, 0.3) is 0 Å². The molecular weight excluding hydrogens is 167 g/mol. The van der Waals surface area contributed by atoms with Gasteiger partial charge in [0, 0.05) is 0 Å². The maximum absolute atomic E-state index is 9.13. The van der Waals surface area contributed by atoms with Gasteiger partial charge in [-0.15, -0.1) is 0 Å². The van der Waals surface area contributed by atoms with Crippen molar-refractivity contribution in [3.05, 3.63) is 0 Å². The van der Waals surface area contributed by atoms with Gasteiger partial charge < -0.3 is 5.11 Å². The molecule has 0 aliphatic carbocycles. The molecule has 0 aromatic heterocycles. The number of unbranched alkanes of at least 4 members (excludes halogenated alkanes) is 1. The van der Waals surface area contributed by atoms with Gasteiger partial charge in [0.15, 0.2) is 0 Å². The highest BCUT2D eigenvalue weighted by Crippen LogP contribution is 2.25. The van der Waals surface area contributed by atoms with Crippen LogP contribution < -0.4 is 0 Å². The summed E-state index contributed by atoms with van der Waals surface area (Å²) in [5, 5.41) is 9.13. The minimum atomic E-state index is -0.0827. The molecule has 12 heavy (non-hydrogen) atoms. The van der Waals surface area contributed by atoms with Crippen molar-refractivity contribution in [3.8, 4) is 0 Å². The highest BCUT2D eigenvalue weighted by molar-refractivity contribution is 7.38. The van der Waals surface area contributed by atoms with Gasteiger partial charge in [-0.1, -0.05) is 48.1 Å². The quantitative estimate of drug-likeness (QED) is 0.611. The summed E-state index contributed by atoms with van der Waals surface area (Å²) in [6.07, 6.45) is 6.51. The van der Waals surface area contributed by atoms with E-state index in [9.17, 15) is 0 Å². The molecule has 3 unspecified atom stereocenters. The predicted octanol–water partition coefficient (Wildman–Crippen LogP) is 3.22. The van der Waals surface area contributed by atoms with Crippen molar-refractivity contribution in [3.63, 3.8) is 0 Å². The molecule has 0 aliphatic heterocycles. The average Bonchev–Trinajstić information content (AvgIpc) is 2.05. The molecule has 0 bridgehead atoms. The molecule has 0 fully saturated rings. The third-order valence-electron chi connectivity index (χ3n) is 2.25. The molecule has 0 aliphatic rings.